The molecule has 2 saturated carbocycles. The number of likely N-dealkylation sites (tertiary alicyclic amines) is 1. The average Bonchev–Trinajstić information content (AvgIpc) is 3.54. The van der Waals surface area contributed by atoms with Gasteiger partial charge in [0.2, 0.25) is 11.8 Å². The Kier molecular flexibility index (Phi) is 8.91. The van der Waals surface area contributed by atoms with Crippen molar-refractivity contribution in [1.82, 2.24) is 49.0 Å². The molecule has 1 unspecified atom stereocenters. The van der Waals surface area contributed by atoms with E-state index in [4.69, 9.17) is 10.2 Å². The Morgan fingerprint density at radius 2 is 1.79 bits per heavy atom. The number of amides is 3. The number of aryl methyl sites for hydroxylation is 1. The van der Waals surface area contributed by atoms with Gasteiger partial charge in [0, 0.05) is 77.1 Å². The van der Waals surface area contributed by atoms with Crippen LogP contribution in [0.2, 0.25) is 0 Å². The van der Waals surface area contributed by atoms with Crippen LogP contribution in [0, 0.1) is 11.3 Å². The molecule has 0 radical (unpaired) electrons. The number of fused-ring (bicyclic) bond motifs is 2. The normalized spacial score (nSPS) is 25.9. The molecule has 16 nitrogen and oxygen atoms in total. The van der Waals surface area contributed by atoms with E-state index in [0.29, 0.717) is 47.1 Å². The van der Waals surface area contributed by atoms with E-state index in [1.54, 1.807) is 18.7 Å². The van der Waals surface area contributed by atoms with Crippen LogP contribution in [0.1, 0.15) is 80.4 Å². The zero-order valence-electron chi connectivity index (χ0n) is 32.9. The lowest BCUT2D eigenvalue weighted by molar-refractivity contribution is -0.135. The number of rotatable bonds is 9. The second-order valence-electron chi connectivity index (χ2n) is 17.3. The first-order valence-electron chi connectivity index (χ1n) is 20.6. The Balaban J connectivity index is 0.720. The highest BCUT2D eigenvalue weighted by molar-refractivity contribution is 6.00. The number of aromatic nitrogens is 7. The Bertz CT molecular complexity index is 2500. The number of piperidine rings is 2. The van der Waals surface area contributed by atoms with Crippen LogP contribution in [0.5, 0.6) is 0 Å². The molecule has 2 aliphatic carbocycles. The number of hydrogen-bond donors (Lipinski definition) is 3. The molecule has 10 rings (SSSR count). The molecule has 17 heteroatoms. The van der Waals surface area contributed by atoms with Gasteiger partial charge in [0.1, 0.15) is 12.2 Å². The van der Waals surface area contributed by atoms with Crippen LogP contribution in [-0.2, 0) is 16.6 Å². The van der Waals surface area contributed by atoms with Gasteiger partial charge in [-0.25, -0.2) is 18.7 Å². The molecule has 0 bridgehead atoms. The Hall–Kier alpha value is -5.58. The van der Waals surface area contributed by atoms with Crippen LogP contribution in [-0.4, -0.2) is 108 Å². The molecule has 5 fully saturated rings. The van der Waals surface area contributed by atoms with E-state index in [2.05, 4.69) is 53.7 Å². The number of carbonyl (C=O) groups excluding carboxylic acids is 3. The Labute approximate surface area is 333 Å². The molecule has 3 N–H and O–H groups in total. The minimum Gasteiger partial charge on any atom is -0.385 e. The topological polar surface area (TPSA) is 169 Å². The second kappa shape index (κ2) is 14.1. The van der Waals surface area contributed by atoms with E-state index in [-0.39, 0.29) is 29.6 Å². The molecule has 58 heavy (non-hydrogen) atoms. The van der Waals surface area contributed by atoms with Gasteiger partial charge in [-0.3, -0.25) is 33.5 Å². The van der Waals surface area contributed by atoms with Crippen LogP contribution in [0.3, 0.4) is 0 Å². The summed E-state index contributed by atoms with van der Waals surface area (Å²) in [6.07, 6.45) is 12.0. The van der Waals surface area contributed by atoms with Gasteiger partial charge in [-0.2, -0.15) is 10.2 Å². The number of halogens is 1. The summed E-state index contributed by atoms with van der Waals surface area (Å²) in [5, 5.41) is 17.8. The maximum atomic E-state index is 13.5. The number of alkyl halides is 1. The summed E-state index contributed by atoms with van der Waals surface area (Å²) >= 11 is 0. The predicted molar refractivity (Wildman–Crippen MR) is 214 cm³/mol. The van der Waals surface area contributed by atoms with Crippen molar-refractivity contribution in [3.63, 3.8) is 0 Å². The van der Waals surface area contributed by atoms with Crippen LogP contribution in [0.15, 0.2) is 47.7 Å². The molecule has 3 atom stereocenters. The fraction of sp³-hybridized carbons (Fsp3) is 0.537. The number of benzene rings is 1. The molecule has 3 amide bonds. The number of hydrogen-bond acceptors (Lipinski definition) is 10. The number of carbonyl (C=O) groups is 3. The standard InChI is InChI=1S/C41H49FN12O4/c1-43-31-17-29(48-54-35(19-44-37(31)54)39(57)46-30-16-28(30)42)25-18-45-52(21-25)26-5-3-24(4-6-26)20-50-22-41(23-50)11-13-51(14-12-41)27-7-8-32-34(15-27)49(2)40(58)53(32)33-9-10-36(55)47-38(33)56/h7-8,15,17-19,21,24,26,28,30,33,43H,3-6,9-14,16,20,22-23H2,1-2H3,(H,46,57)(H,47,55,56)/t24?,26?,28-,30+,33?/m0/s1. The third-order valence-corrected chi connectivity index (χ3v) is 13.5. The smallest absolute Gasteiger partial charge is 0.329 e. The van der Waals surface area contributed by atoms with Crippen molar-refractivity contribution in [3.05, 3.63) is 59.0 Å². The zero-order valence-corrected chi connectivity index (χ0v) is 32.9. The van der Waals surface area contributed by atoms with Crippen LogP contribution in [0.25, 0.3) is 27.9 Å². The van der Waals surface area contributed by atoms with E-state index in [0.717, 1.165) is 93.7 Å². The van der Waals surface area contributed by atoms with Gasteiger partial charge >= 0.3 is 5.69 Å². The molecule has 3 aliphatic heterocycles. The van der Waals surface area contributed by atoms with Crippen molar-refractivity contribution in [1.29, 1.82) is 0 Å². The molecule has 5 aromatic rings. The lowest BCUT2D eigenvalue weighted by Crippen LogP contribution is -2.61. The fourth-order valence-electron chi connectivity index (χ4n) is 10.00. The van der Waals surface area contributed by atoms with Gasteiger partial charge in [-0.1, -0.05) is 0 Å². The lowest BCUT2D eigenvalue weighted by Gasteiger charge is -2.55. The first kappa shape index (κ1) is 36.7. The summed E-state index contributed by atoms with van der Waals surface area (Å²) in [7, 11) is 3.55. The minimum absolute atomic E-state index is 0.223. The molecule has 5 aliphatic rings. The van der Waals surface area contributed by atoms with E-state index in [9.17, 15) is 23.6 Å². The van der Waals surface area contributed by atoms with E-state index < -0.39 is 24.2 Å². The predicted octanol–water partition coefficient (Wildman–Crippen LogP) is 3.44. The van der Waals surface area contributed by atoms with Gasteiger partial charge < -0.3 is 20.4 Å². The van der Waals surface area contributed by atoms with Crippen molar-refractivity contribution in [3.8, 4) is 11.3 Å². The monoisotopic (exact) mass is 792 g/mol. The average molecular weight is 793 g/mol. The van der Waals surface area contributed by atoms with E-state index >= 15 is 0 Å². The van der Waals surface area contributed by atoms with E-state index in [1.165, 1.54) is 15.3 Å². The van der Waals surface area contributed by atoms with Crippen molar-refractivity contribution >= 4 is 45.8 Å². The lowest BCUT2D eigenvalue weighted by atomic mass is 9.71. The molecular formula is C41H49FN12O4. The highest BCUT2D eigenvalue weighted by Gasteiger charge is 2.45. The fourth-order valence-corrected chi connectivity index (χ4v) is 10.00. The number of nitrogens with one attached hydrogen (secondary N) is 3. The van der Waals surface area contributed by atoms with Gasteiger partial charge in [-0.05, 0) is 80.5 Å². The molecule has 7 heterocycles. The summed E-state index contributed by atoms with van der Waals surface area (Å²) < 4.78 is 20.2. The minimum atomic E-state index is -0.994. The second-order valence-corrected chi connectivity index (χ2v) is 17.3. The van der Waals surface area contributed by atoms with Gasteiger partial charge in [-0.15, -0.1) is 0 Å². The number of imide groups is 1. The number of imidazole rings is 2. The van der Waals surface area contributed by atoms with Crippen molar-refractivity contribution < 1.29 is 18.8 Å². The van der Waals surface area contributed by atoms with Gasteiger partial charge in [0.25, 0.3) is 5.91 Å². The zero-order chi connectivity index (χ0) is 39.9. The highest BCUT2D eigenvalue weighted by atomic mass is 19.1. The number of nitrogens with zero attached hydrogens (tertiary/aromatic N) is 9. The Morgan fingerprint density at radius 1 is 1.02 bits per heavy atom. The summed E-state index contributed by atoms with van der Waals surface area (Å²) in [5.41, 5.74) is 5.78. The summed E-state index contributed by atoms with van der Waals surface area (Å²) in [5.74, 6) is -0.429. The van der Waals surface area contributed by atoms with Gasteiger partial charge in [0.15, 0.2) is 11.3 Å². The third kappa shape index (κ3) is 6.43. The van der Waals surface area contributed by atoms with Crippen molar-refractivity contribution in [2.45, 2.75) is 82.1 Å². The quantitative estimate of drug-likeness (QED) is 0.188. The third-order valence-electron chi connectivity index (χ3n) is 13.5. The SMILES string of the molecule is CNc1cc(-c2cnn(C3CCC(CN4CC5(CCN(c6ccc7c(c6)n(C)c(=O)n7C6CCC(=O)NC6=O)CC5)C4)CC3)c2)nn2c(C(=O)N[C@@H]3C[C@@H]3F)cnc12. The van der Waals surface area contributed by atoms with Crippen LogP contribution >= 0.6 is 0 Å². The highest BCUT2D eigenvalue weighted by Crippen LogP contribution is 2.43. The molecule has 304 valence electrons. The van der Waals surface area contributed by atoms with Crippen LogP contribution < -0.4 is 26.5 Å². The molecule has 1 aromatic carbocycles. The molecule has 4 aromatic heterocycles. The summed E-state index contributed by atoms with van der Waals surface area (Å²) in [4.78, 5) is 59.9. The van der Waals surface area contributed by atoms with Crippen LogP contribution in [0.4, 0.5) is 15.8 Å². The van der Waals surface area contributed by atoms with E-state index in [1.807, 2.05) is 18.3 Å². The molecule has 3 saturated heterocycles. The summed E-state index contributed by atoms with van der Waals surface area (Å²) in [6, 6.07) is 7.18. The maximum Gasteiger partial charge on any atom is 0.329 e. The maximum absolute atomic E-state index is 13.5. The number of anilines is 2. The largest absolute Gasteiger partial charge is 0.385 e. The first-order chi connectivity index (χ1) is 28.1. The summed E-state index contributed by atoms with van der Waals surface area (Å²) in [6.45, 7) is 5.38. The van der Waals surface area contributed by atoms with Gasteiger partial charge in [0.05, 0.1) is 46.9 Å². The Morgan fingerprint density at radius 3 is 2.52 bits per heavy atom. The van der Waals surface area contributed by atoms with Crippen molar-refractivity contribution in [2.24, 2.45) is 18.4 Å². The molecule has 1 spiro atoms. The first-order valence-corrected chi connectivity index (χ1v) is 20.6. The molecular weight excluding hydrogens is 744 g/mol. The van der Waals surface area contributed by atoms with Crippen molar-refractivity contribution in [2.75, 3.05) is 50.0 Å².